The minimum absolute atomic E-state index is 0.162. The number of fused-ring (bicyclic) bond motifs is 2. The molecule has 1 aromatic carbocycles. The topological polar surface area (TPSA) is 39.2 Å². The number of rotatable bonds is 2. The Morgan fingerprint density at radius 2 is 2.22 bits per heavy atom. The van der Waals surface area contributed by atoms with Gasteiger partial charge in [-0.3, -0.25) is 4.79 Å². The van der Waals surface area contributed by atoms with Gasteiger partial charge < -0.3 is 4.74 Å². The van der Waals surface area contributed by atoms with Crippen molar-refractivity contribution in [2.75, 3.05) is 0 Å². The summed E-state index contributed by atoms with van der Waals surface area (Å²) in [7, 11) is 0. The van der Waals surface area contributed by atoms with Gasteiger partial charge in [-0.2, -0.15) is 0 Å². The van der Waals surface area contributed by atoms with Crippen LogP contribution in [0.5, 0.6) is 11.6 Å². The van der Waals surface area contributed by atoms with Crippen LogP contribution >= 0.6 is 0 Å². The van der Waals surface area contributed by atoms with Crippen LogP contribution in [0.15, 0.2) is 36.5 Å². The third-order valence-electron chi connectivity index (χ3n) is 3.14. The zero-order chi connectivity index (χ0) is 12.5. The smallest absolute Gasteiger partial charge is 0.222 e. The molecular formula is C15H13NO2. The number of Topliss-reactive ketones (excluding diaryl/α,β-unsaturated/α-hetero) is 1. The van der Waals surface area contributed by atoms with E-state index in [0.717, 1.165) is 28.9 Å². The first-order valence-corrected chi connectivity index (χ1v) is 6.06. The molecule has 90 valence electrons. The first-order chi connectivity index (χ1) is 8.78. The maximum atomic E-state index is 11.7. The predicted molar refractivity (Wildman–Crippen MR) is 68.2 cm³/mol. The third kappa shape index (κ3) is 1.78. The second-order valence-electron chi connectivity index (χ2n) is 4.35. The second kappa shape index (κ2) is 4.26. The number of aromatic nitrogens is 1. The average Bonchev–Trinajstić information content (AvgIpc) is 2.43. The summed E-state index contributed by atoms with van der Waals surface area (Å²) in [6.45, 7) is 1.87. The summed E-state index contributed by atoms with van der Waals surface area (Å²) < 4.78 is 5.72. The molecule has 1 aromatic heterocycles. The van der Waals surface area contributed by atoms with Gasteiger partial charge in [0.05, 0.1) is 0 Å². The Hall–Kier alpha value is -2.16. The number of carbonyl (C=O) groups is 1. The van der Waals surface area contributed by atoms with Gasteiger partial charge in [-0.05, 0) is 24.3 Å². The lowest BCUT2D eigenvalue weighted by molar-refractivity contribution is 0.0988. The molecule has 3 nitrogen and oxygen atoms in total. The zero-order valence-electron chi connectivity index (χ0n) is 10.1. The Morgan fingerprint density at radius 3 is 3.06 bits per heavy atom. The fraction of sp³-hybridized carbons (Fsp3) is 0.200. The van der Waals surface area contributed by atoms with Gasteiger partial charge in [-0.25, -0.2) is 4.98 Å². The number of hydrogen-bond acceptors (Lipinski definition) is 3. The number of nitrogens with zero attached hydrogens (tertiary/aromatic N) is 1. The Labute approximate surface area is 105 Å². The fourth-order valence-electron chi connectivity index (χ4n) is 2.15. The summed E-state index contributed by atoms with van der Waals surface area (Å²) in [5, 5.41) is 0. The van der Waals surface area contributed by atoms with Crippen LogP contribution in [-0.2, 0) is 6.42 Å². The van der Waals surface area contributed by atoms with Crippen LogP contribution in [0.1, 0.15) is 34.8 Å². The summed E-state index contributed by atoms with van der Waals surface area (Å²) in [5.74, 6) is 1.63. The van der Waals surface area contributed by atoms with E-state index in [0.29, 0.717) is 12.3 Å². The molecule has 0 bridgehead atoms. The lowest BCUT2D eigenvalue weighted by Gasteiger charge is -2.19. The van der Waals surface area contributed by atoms with E-state index in [4.69, 9.17) is 4.74 Å². The summed E-state index contributed by atoms with van der Waals surface area (Å²) in [6, 6.07) is 9.50. The summed E-state index contributed by atoms with van der Waals surface area (Å²) in [5.41, 5.74) is 2.87. The van der Waals surface area contributed by atoms with Crippen molar-refractivity contribution in [1.29, 1.82) is 0 Å². The highest BCUT2D eigenvalue weighted by Crippen LogP contribution is 2.35. The van der Waals surface area contributed by atoms with Crippen molar-refractivity contribution in [3.05, 3.63) is 53.2 Å². The molecule has 0 aliphatic carbocycles. The molecule has 0 fully saturated rings. The summed E-state index contributed by atoms with van der Waals surface area (Å²) in [4.78, 5) is 15.9. The highest BCUT2D eigenvalue weighted by atomic mass is 16.5. The number of pyridine rings is 1. The van der Waals surface area contributed by atoms with E-state index in [2.05, 4.69) is 4.98 Å². The molecule has 0 atom stereocenters. The SMILES string of the molecule is CCC(=O)c1ccc2c(c1)Cc1cccnc1O2. The molecule has 0 saturated carbocycles. The standard InChI is InChI=1S/C15H13NO2/c1-2-13(17)10-5-6-14-12(8-10)9-11-4-3-7-16-15(11)18-14/h3-8H,2,9H2,1H3. The van der Waals surface area contributed by atoms with Gasteiger partial charge in [0.1, 0.15) is 5.75 Å². The van der Waals surface area contributed by atoms with Gasteiger partial charge in [-0.15, -0.1) is 0 Å². The number of hydrogen-bond donors (Lipinski definition) is 0. The number of ether oxygens (including phenoxy) is 1. The van der Waals surface area contributed by atoms with Crippen molar-refractivity contribution in [3.63, 3.8) is 0 Å². The molecular weight excluding hydrogens is 226 g/mol. The van der Waals surface area contributed by atoms with E-state index in [1.165, 1.54) is 0 Å². The first kappa shape index (κ1) is 11.0. The minimum atomic E-state index is 0.162. The van der Waals surface area contributed by atoms with Gasteiger partial charge in [-0.1, -0.05) is 13.0 Å². The minimum Gasteiger partial charge on any atom is -0.438 e. The fourth-order valence-corrected chi connectivity index (χ4v) is 2.15. The maximum Gasteiger partial charge on any atom is 0.222 e. The van der Waals surface area contributed by atoms with Crippen LogP contribution in [0, 0.1) is 0 Å². The lowest BCUT2D eigenvalue weighted by Crippen LogP contribution is -2.06. The van der Waals surface area contributed by atoms with Crippen LogP contribution in [0.25, 0.3) is 0 Å². The summed E-state index contributed by atoms with van der Waals surface area (Å²) >= 11 is 0. The van der Waals surface area contributed by atoms with Crippen LogP contribution < -0.4 is 4.74 Å². The largest absolute Gasteiger partial charge is 0.438 e. The van der Waals surface area contributed by atoms with Gasteiger partial charge in [0.15, 0.2) is 5.78 Å². The van der Waals surface area contributed by atoms with Gasteiger partial charge in [0.25, 0.3) is 0 Å². The lowest BCUT2D eigenvalue weighted by atomic mass is 9.98. The van der Waals surface area contributed by atoms with E-state index in [9.17, 15) is 4.79 Å². The van der Waals surface area contributed by atoms with Gasteiger partial charge in [0.2, 0.25) is 5.88 Å². The van der Waals surface area contributed by atoms with Gasteiger partial charge >= 0.3 is 0 Å². The third-order valence-corrected chi connectivity index (χ3v) is 3.14. The molecule has 0 amide bonds. The van der Waals surface area contributed by atoms with Crippen molar-refractivity contribution in [2.45, 2.75) is 19.8 Å². The van der Waals surface area contributed by atoms with Crippen molar-refractivity contribution in [2.24, 2.45) is 0 Å². The second-order valence-corrected chi connectivity index (χ2v) is 4.35. The molecule has 18 heavy (non-hydrogen) atoms. The highest BCUT2D eigenvalue weighted by molar-refractivity contribution is 5.96. The number of benzene rings is 1. The van der Waals surface area contributed by atoms with Crippen molar-refractivity contribution in [1.82, 2.24) is 4.98 Å². The Morgan fingerprint density at radius 1 is 1.33 bits per heavy atom. The average molecular weight is 239 g/mol. The van der Waals surface area contributed by atoms with Crippen molar-refractivity contribution in [3.8, 4) is 11.6 Å². The Bertz CT molecular complexity index is 620. The Balaban J connectivity index is 2.01. The quantitative estimate of drug-likeness (QED) is 0.643. The van der Waals surface area contributed by atoms with Crippen LogP contribution in [0.3, 0.4) is 0 Å². The molecule has 3 rings (SSSR count). The molecule has 2 aromatic rings. The molecule has 1 aliphatic heterocycles. The monoisotopic (exact) mass is 239 g/mol. The highest BCUT2D eigenvalue weighted by Gasteiger charge is 2.18. The van der Waals surface area contributed by atoms with E-state index in [1.807, 2.05) is 37.3 Å². The molecule has 3 heteroatoms. The zero-order valence-corrected chi connectivity index (χ0v) is 10.1. The molecule has 0 saturated heterocycles. The van der Waals surface area contributed by atoms with Crippen molar-refractivity contribution < 1.29 is 9.53 Å². The van der Waals surface area contributed by atoms with E-state index >= 15 is 0 Å². The molecule has 0 spiro atoms. The predicted octanol–water partition coefficient (Wildman–Crippen LogP) is 3.37. The van der Waals surface area contributed by atoms with E-state index in [1.54, 1.807) is 6.20 Å². The molecule has 2 heterocycles. The first-order valence-electron chi connectivity index (χ1n) is 6.06. The molecule has 0 N–H and O–H groups in total. The van der Waals surface area contributed by atoms with E-state index < -0.39 is 0 Å². The van der Waals surface area contributed by atoms with E-state index in [-0.39, 0.29) is 5.78 Å². The van der Waals surface area contributed by atoms with Crippen LogP contribution in [-0.4, -0.2) is 10.8 Å². The molecule has 1 aliphatic rings. The Kier molecular flexibility index (Phi) is 2.59. The number of ketones is 1. The maximum absolute atomic E-state index is 11.7. The van der Waals surface area contributed by atoms with Gasteiger partial charge in [0, 0.05) is 35.7 Å². The van der Waals surface area contributed by atoms with Crippen molar-refractivity contribution >= 4 is 5.78 Å². The number of carbonyl (C=O) groups excluding carboxylic acids is 1. The van der Waals surface area contributed by atoms with Crippen LogP contribution in [0.4, 0.5) is 0 Å². The normalized spacial score (nSPS) is 12.3. The molecule has 0 radical (unpaired) electrons. The van der Waals surface area contributed by atoms with Crippen LogP contribution in [0.2, 0.25) is 0 Å². The summed E-state index contributed by atoms with van der Waals surface area (Å²) in [6.07, 6.45) is 3.01. The molecule has 0 unspecified atom stereocenters.